The number of hydrogen-bond acceptors (Lipinski definition) is 3. The summed E-state index contributed by atoms with van der Waals surface area (Å²) in [4.78, 5) is 10.2. The lowest BCUT2D eigenvalue weighted by molar-refractivity contribution is -0.141. The molecule has 0 aliphatic heterocycles. The minimum atomic E-state index is -0.541. The van der Waals surface area contributed by atoms with Gasteiger partial charge in [-0.1, -0.05) is 33.3 Å². The van der Waals surface area contributed by atoms with Crippen LogP contribution < -0.4 is 5.73 Å². The van der Waals surface area contributed by atoms with Crippen LogP contribution in [0.5, 0.6) is 0 Å². The molecule has 0 aliphatic rings. The zero-order chi connectivity index (χ0) is 9.98. The van der Waals surface area contributed by atoms with Crippen molar-refractivity contribution in [1.82, 2.24) is 0 Å². The quantitative estimate of drug-likeness (QED) is 0.402. The fourth-order valence-corrected chi connectivity index (χ4v) is 0.231. The van der Waals surface area contributed by atoms with Crippen LogP contribution in [-0.4, -0.2) is 12.2 Å². The molecule has 12 heavy (non-hydrogen) atoms. The van der Waals surface area contributed by atoms with Crippen LogP contribution in [0.4, 0.5) is 0 Å². The van der Waals surface area contributed by atoms with Crippen LogP contribution in [0.3, 0.4) is 0 Å². The van der Waals surface area contributed by atoms with Gasteiger partial charge in [0.2, 0.25) is 0 Å². The lowest BCUT2D eigenvalue weighted by Gasteiger charge is -2.02. The van der Waals surface area contributed by atoms with Crippen molar-refractivity contribution in [2.45, 2.75) is 39.8 Å². The topological polar surface area (TPSA) is 52.3 Å². The van der Waals surface area contributed by atoms with Gasteiger partial charge in [-0.05, 0) is 6.92 Å². The van der Waals surface area contributed by atoms with Gasteiger partial charge in [-0.15, -0.1) is 0 Å². The Morgan fingerprint density at radius 2 is 2.00 bits per heavy atom. The maximum absolute atomic E-state index is 10.2. The molecule has 2 N–H and O–H groups in total. The molecule has 0 aromatic rings. The van der Waals surface area contributed by atoms with E-state index in [1.165, 1.54) is 12.8 Å². The first-order chi connectivity index (χ1) is 5.58. The third kappa shape index (κ3) is 16.1. The van der Waals surface area contributed by atoms with E-state index >= 15 is 0 Å². The molecule has 0 saturated carbocycles. The maximum atomic E-state index is 10.2. The Morgan fingerprint density at radius 1 is 1.58 bits per heavy atom. The Hall–Kier alpha value is -0.830. The highest BCUT2D eigenvalue weighted by molar-refractivity contribution is 5.81. The first-order valence-electron chi connectivity index (χ1n) is 4.17. The summed E-state index contributed by atoms with van der Waals surface area (Å²) in [5, 5.41) is 0. The molecule has 0 spiro atoms. The molecular formula is C9H19NO2. The van der Waals surface area contributed by atoms with Gasteiger partial charge in [-0.2, -0.15) is 0 Å². The molecule has 0 heterocycles. The molecule has 0 aliphatic carbocycles. The van der Waals surface area contributed by atoms with Crippen molar-refractivity contribution >= 4 is 5.97 Å². The molecule has 0 bridgehead atoms. The van der Waals surface area contributed by atoms with Crippen molar-refractivity contribution in [2.24, 2.45) is 5.73 Å². The van der Waals surface area contributed by atoms with Crippen molar-refractivity contribution in [1.29, 1.82) is 0 Å². The second-order valence-corrected chi connectivity index (χ2v) is 2.35. The summed E-state index contributed by atoms with van der Waals surface area (Å²) in [6.45, 7) is 9.12. The molecule has 1 atom stereocenters. The lowest BCUT2D eigenvalue weighted by atomic mass is 10.4. The molecule has 1 unspecified atom stereocenters. The van der Waals surface area contributed by atoms with Crippen molar-refractivity contribution in [2.75, 3.05) is 0 Å². The summed E-state index contributed by atoms with van der Waals surface area (Å²) in [5.74, 6) is -0.486. The monoisotopic (exact) mass is 173 g/mol. The number of carbonyl (C=O) groups is 1. The number of ether oxygens (including phenoxy) is 1. The lowest BCUT2D eigenvalue weighted by Crippen LogP contribution is -2.21. The van der Waals surface area contributed by atoms with Crippen LogP contribution in [0.1, 0.15) is 33.6 Å². The van der Waals surface area contributed by atoms with Crippen LogP contribution in [0.2, 0.25) is 0 Å². The van der Waals surface area contributed by atoms with Gasteiger partial charge < -0.3 is 4.74 Å². The number of esters is 1. The second kappa shape index (κ2) is 10.2. The van der Waals surface area contributed by atoms with Gasteiger partial charge in [0, 0.05) is 6.08 Å². The van der Waals surface area contributed by atoms with Crippen LogP contribution in [-0.2, 0) is 9.53 Å². The van der Waals surface area contributed by atoms with E-state index in [9.17, 15) is 4.79 Å². The van der Waals surface area contributed by atoms with E-state index in [1.54, 1.807) is 6.92 Å². The number of unbranched alkanes of at least 4 members (excludes halogenated alkanes) is 1. The summed E-state index contributed by atoms with van der Waals surface area (Å²) in [6, 6.07) is 0. The minimum Gasteiger partial charge on any atom is -0.444 e. The van der Waals surface area contributed by atoms with Gasteiger partial charge >= 0.3 is 5.97 Å². The second-order valence-electron chi connectivity index (χ2n) is 2.35. The van der Waals surface area contributed by atoms with Gasteiger partial charge in [0.15, 0.2) is 0 Å². The molecule has 0 radical (unpaired) electrons. The van der Waals surface area contributed by atoms with Crippen molar-refractivity contribution in [3.63, 3.8) is 0 Å². The number of nitrogens with two attached hydrogens (primary N) is 1. The molecule has 0 fully saturated rings. The summed E-state index contributed by atoms with van der Waals surface area (Å²) in [7, 11) is 0. The van der Waals surface area contributed by atoms with Crippen LogP contribution in [0.15, 0.2) is 12.7 Å². The number of carbonyl (C=O) groups excluding carboxylic acids is 1. The first kappa shape index (κ1) is 13.7. The minimum absolute atomic E-state index is 0.486. The largest absolute Gasteiger partial charge is 0.444 e. The fourth-order valence-electron chi connectivity index (χ4n) is 0.231. The zero-order valence-electron chi connectivity index (χ0n) is 8.17. The van der Waals surface area contributed by atoms with E-state index in [-0.39, 0.29) is 0 Å². The average molecular weight is 173 g/mol. The Bertz CT molecular complexity index is 120. The first-order valence-corrected chi connectivity index (χ1v) is 4.17. The van der Waals surface area contributed by atoms with E-state index in [2.05, 4.69) is 25.2 Å². The third-order valence-corrected chi connectivity index (χ3v) is 0.969. The predicted molar refractivity (Wildman–Crippen MR) is 50.5 cm³/mol. The molecule has 0 aromatic heterocycles. The van der Waals surface area contributed by atoms with Gasteiger partial charge in [-0.3, -0.25) is 5.73 Å². The number of rotatable bonds is 3. The maximum Gasteiger partial charge on any atom is 0.331 e. The zero-order valence-corrected chi connectivity index (χ0v) is 8.17. The van der Waals surface area contributed by atoms with E-state index in [1.807, 2.05) is 0 Å². The standard InChI is InChI=1S/C5H9NO2.C4H10/c1-3-5(7)8-4(2)6;1-3-4-2/h3-4H,1,6H2,2H3;3-4H2,1-2H3. The van der Waals surface area contributed by atoms with Crippen LogP contribution in [0.25, 0.3) is 0 Å². The van der Waals surface area contributed by atoms with Crippen molar-refractivity contribution < 1.29 is 9.53 Å². The van der Waals surface area contributed by atoms with Gasteiger partial charge in [-0.25, -0.2) is 4.79 Å². The summed E-state index contributed by atoms with van der Waals surface area (Å²) in [5.41, 5.74) is 5.08. The van der Waals surface area contributed by atoms with Crippen LogP contribution >= 0.6 is 0 Å². The van der Waals surface area contributed by atoms with E-state index in [0.717, 1.165) is 6.08 Å². The molecule has 72 valence electrons. The van der Waals surface area contributed by atoms with Crippen LogP contribution in [0, 0.1) is 0 Å². The van der Waals surface area contributed by atoms with Gasteiger partial charge in [0.05, 0.1) is 0 Å². The molecule has 0 aromatic carbocycles. The summed E-state index contributed by atoms with van der Waals surface area (Å²) in [6.07, 6.45) is 3.17. The smallest absolute Gasteiger partial charge is 0.331 e. The molecular weight excluding hydrogens is 154 g/mol. The Labute approximate surface area is 74.6 Å². The Kier molecular flexibility index (Phi) is 11.6. The highest BCUT2D eigenvalue weighted by Gasteiger charge is 1.96. The van der Waals surface area contributed by atoms with Gasteiger partial charge in [0.1, 0.15) is 6.23 Å². The van der Waals surface area contributed by atoms with E-state index in [4.69, 9.17) is 5.73 Å². The summed E-state index contributed by atoms with van der Waals surface area (Å²) < 4.78 is 4.42. The normalized spacial score (nSPS) is 10.7. The predicted octanol–water partition coefficient (Wildman–Crippen LogP) is 1.83. The molecule has 3 nitrogen and oxygen atoms in total. The average Bonchev–Trinajstić information content (AvgIpc) is 2.04. The Balaban J connectivity index is 0. The van der Waals surface area contributed by atoms with Crippen molar-refractivity contribution in [3.8, 4) is 0 Å². The fraction of sp³-hybridized carbons (Fsp3) is 0.667. The van der Waals surface area contributed by atoms with Crippen molar-refractivity contribution in [3.05, 3.63) is 12.7 Å². The highest BCUT2D eigenvalue weighted by Crippen LogP contribution is 1.81. The number of hydrogen-bond donors (Lipinski definition) is 1. The SMILES string of the molecule is C=CC(=O)OC(C)N.CCCC. The van der Waals surface area contributed by atoms with E-state index in [0.29, 0.717) is 0 Å². The Morgan fingerprint density at radius 3 is 2.08 bits per heavy atom. The molecule has 0 saturated heterocycles. The van der Waals surface area contributed by atoms with Gasteiger partial charge in [0.25, 0.3) is 0 Å². The molecule has 0 rings (SSSR count). The molecule has 0 amide bonds. The molecule has 3 heteroatoms. The van der Waals surface area contributed by atoms with E-state index < -0.39 is 12.2 Å². The summed E-state index contributed by atoms with van der Waals surface area (Å²) >= 11 is 0. The third-order valence-electron chi connectivity index (χ3n) is 0.969. The highest BCUT2D eigenvalue weighted by atomic mass is 16.5.